The largest absolute Gasteiger partial charge is 0.508 e. The number of aromatic hydroxyl groups is 1. The first-order valence-electron chi connectivity index (χ1n) is 7.62. The van der Waals surface area contributed by atoms with E-state index in [0.29, 0.717) is 30.2 Å². The van der Waals surface area contributed by atoms with Gasteiger partial charge in [0.2, 0.25) is 0 Å². The molecule has 0 aliphatic heterocycles. The van der Waals surface area contributed by atoms with E-state index in [2.05, 4.69) is 10.6 Å². The highest BCUT2D eigenvalue weighted by Crippen LogP contribution is 2.27. The molecule has 7 heteroatoms. The van der Waals surface area contributed by atoms with Gasteiger partial charge in [0.25, 0.3) is 0 Å². The molecule has 0 fully saturated rings. The van der Waals surface area contributed by atoms with E-state index in [1.165, 1.54) is 24.3 Å². The lowest BCUT2D eigenvalue weighted by molar-refractivity contribution is -0.136. The van der Waals surface area contributed by atoms with E-state index in [-0.39, 0.29) is 5.75 Å². The fraction of sp³-hybridized carbons (Fsp3) is 0.222. The van der Waals surface area contributed by atoms with E-state index in [9.17, 15) is 14.7 Å². The number of carbonyl (C=O) groups excluding carboxylic acids is 2. The number of anilines is 1. The van der Waals surface area contributed by atoms with E-state index in [4.69, 9.17) is 9.47 Å². The second-order valence-electron chi connectivity index (χ2n) is 5.20. The molecular weight excluding hydrogens is 324 g/mol. The van der Waals surface area contributed by atoms with Crippen LogP contribution in [0.15, 0.2) is 42.5 Å². The number of benzene rings is 2. The molecule has 2 aromatic carbocycles. The summed E-state index contributed by atoms with van der Waals surface area (Å²) in [5.41, 5.74) is 1.37. The molecule has 0 saturated heterocycles. The van der Waals surface area contributed by atoms with Crippen LogP contribution in [0.5, 0.6) is 17.2 Å². The van der Waals surface area contributed by atoms with Gasteiger partial charge in [0, 0.05) is 12.2 Å². The van der Waals surface area contributed by atoms with Gasteiger partial charge < -0.3 is 25.2 Å². The van der Waals surface area contributed by atoms with Gasteiger partial charge in [-0.1, -0.05) is 6.07 Å². The van der Waals surface area contributed by atoms with Crippen molar-refractivity contribution in [3.8, 4) is 17.2 Å². The monoisotopic (exact) mass is 344 g/mol. The van der Waals surface area contributed by atoms with Crippen LogP contribution in [0.1, 0.15) is 5.56 Å². The predicted molar refractivity (Wildman–Crippen MR) is 93.0 cm³/mol. The molecule has 132 valence electrons. The van der Waals surface area contributed by atoms with Gasteiger partial charge >= 0.3 is 11.8 Å². The van der Waals surface area contributed by atoms with Crippen molar-refractivity contribution < 1.29 is 24.2 Å². The van der Waals surface area contributed by atoms with Crippen LogP contribution in [-0.4, -0.2) is 37.7 Å². The minimum Gasteiger partial charge on any atom is -0.508 e. The molecule has 0 heterocycles. The third-order valence-electron chi connectivity index (χ3n) is 3.48. The SMILES string of the molecule is COc1ccc(CCNC(=O)C(=O)Nc2ccc(O)cc2)cc1OC. The summed E-state index contributed by atoms with van der Waals surface area (Å²) in [6, 6.07) is 11.3. The second kappa shape index (κ2) is 8.58. The van der Waals surface area contributed by atoms with Crippen LogP contribution in [0.3, 0.4) is 0 Å². The summed E-state index contributed by atoms with van der Waals surface area (Å²) < 4.78 is 10.4. The molecular formula is C18H20N2O5. The zero-order valence-corrected chi connectivity index (χ0v) is 14.0. The molecule has 3 N–H and O–H groups in total. The minimum absolute atomic E-state index is 0.0809. The number of phenolic OH excluding ortho intramolecular Hbond substituents is 1. The molecule has 2 amide bonds. The average Bonchev–Trinajstić information content (AvgIpc) is 2.63. The highest BCUT2D eigenvalue weighted by Gasteiger charge is 2.13. The zero-order valence-electron chi connectivity index (χ0n) is 14.0. The normalized spacial score (nSPS) is 10.0. The number of nitrogens with one attached hydrogen (secondary N) is 2. The summed E-state index contributed by atoms with van der Waals surface area (Å²) in [5.74, 6) is -0.177. The fourth-order valence-corrected chi connectivity index (χ4v) is 2.17. The molecule has 25 heavy (non-hydrogen) atoms. The Balaban J connectivity index is 1.83. The first kappa shape index (κ1) is 18.1. The average molecular weight is 344 g/mol. The lowest BCUT2D eigenvalue weighted by atomic mass is 10.1. The summed E-state index contributed by atoms with van der Waals surface area (Å²) in [4.78, 5) is 23.6. The Labute approximate surface area is 145 Å². The van der Waals surface area contributed by atoms with E-state index < -0.39 is 11.8 Å². The third kappa shape index (κ3) is 5.13. The van der Waals surface area contributed by atoms with Crippen molar-refractivity contribution in [2.45, 2.75) is 6.42 Å². The van der Waals surface area contributed by atoms with Crippen molar-refractivity contribution in [3.05, 3.63) is 48.0 Å². The number of methoxy groups -OCH3 is 2. The first-order valence-corrected chi connectivity index (χ1v) is 7.62. The lowest BCUT2D eigenvalue weighted by Crippen LogP contribution is -2.36. The van der Waals surface area contributed by atoms with E-state index in [1.807, 2.05) is 12.1 Å². The maximum absolute atomic E-state index is 11.8. The van der Waals surface area contributed by atoms with Gasteiger partial charge in [0.15, 0.2) is 11.5 Å². The Morgan fingerprint density at radius 1 is 0.960 bits per heavy atom. The van der Waals surface area contributed by atoms with Gasteiger partial charge in [-0.25, -0.2) is 0 Å². The number of phenols is 1. The maximum atomic E-state index is 11.8. The number of hydrogen-bond donors (Lipinski definition) is 3. The highest BCUT2D eigenvalue weighted by molar-refractivity contribution is 6.39. The fourth-order valence-electron chi connectivity index (χ4n) is 2.17. The van der Waals surface area contributed by atoms with Crippen molar-refractivity contribution in [2.24, 2.45) is 0 Å². The van der Waals surface area contributed by atoms with Crippen LogP contribution in [0.2, 0.25) is 0 Å². The Bertz CT molecular complexity index is 744. The summed E-state index contributed by atoms with van der Waals surface area (Å²) in [6.07, 6.45) is 0.540. The first-order chi connectivity index (χ1) is 12.0. The van der Waals surface area contributed by atoms with E-state index in [0.717, 1.165) is 5.56 Å². The molecule has 0 unspecified atom stereocenters. The van der Waals surface area contributed by atoms with Gasteiger partial charge in [-0.3, -0.25) is 9.59 Å². The smallest absolute Gasteiger partial charge is 0.313 e. The van der Waals surface area contributed by atoms with Crippen molar-refractivity contribution in [2.75, 3.05) is 26.1 Å². The molecule has 2 aromatic rings. The Kier molecular flexibility index (Phi) is 6.22. The molecule has 0 saturated carbocycles. The minimum atomic E-state index is -0.766. The van der Waals surface area contributed by atoms with Gasteiger partial charge in [0.1, 0.15) is 5.75 Å². The summed E-state index contributed by atoms with van der Waals surface area (Å²) in [5, 5.41) is 14.2. The van der Waals surface area contributed by atoms with Crippen LogP contribution >= 0.6 is 0 Å². The predicted octanol–water partition coefficient (Wildman–Crippen LogP) is 1.71. The Morgan fingerprint density at radius 2 is 1.64 bits per heavy atom. The van der Waals surface area contributed by atoms with Crippen LogP contribution in [0, 0.1) is 0 Å². The standard InChI is InChI=1S/C18H20N2O5/c1-24-15-8-3-12(11-16(15)25-2)9-10-19-17(22)18(23)20-13-4-6-14(21)7-5-13/h3-8,11,21H,9-10H2,1-2H3,(H,19,22)(H,20,23). The quantitative estimate of drug-likeness (QED) is 0.547. The van der Waals surface area contributed by atoms with Crippen molar-refractivity contribution in [1.29, 1.82) is 0 Å². The molecule has 0 bridgehead atoms. The van der Waals surface area contributed by atoms with Crippen LogP contribution in [-0.2, 0) is 16.0 Å². The molecule has 0 aliphatic carbocycles. The van der Waals surface area contributed by atoms with Gasteiger partial charge in [-0.05, 0) is 48.4 Å². The van der Waals surface area contributed by atoms with Crippen molar-refractivity contribution in [1.82, 2.24) is 5.32 Å². The van der Waals surface area contributed by atoms with Gasteiger partial charge in [-0.2, -0.15) is 0 Å². The van der Waals surface area contributed by atoms with Crippen LogP contribution in [0.25, 0.3) is 0 Å². The van der Waals surface area contributed by atoms with Gasteiger partial charge in [-0.15, -0.1) is 0 Å². The topological polar surface area (TPSA) is 96.9 Å². The molecule has 0 aliphatic rings. The Morgan fingerprint density at radius 3 is 2.28 bits per heavy atom. The summed E-state index contributed by atoms with van der Waals surface area (Å²) in [6.45, 7) is 0.303. The molecule has 2 rings (SSSR count). The van der Waals surface area contributed by atoms with Crippen LogP contribution in [0.4, 0.5) is 5.69 Å². The second-order valence-corrected chi connectivity index (χ2v) is 5.20. The number of ether oxygens (including phenoxy) is 2. The molecule has 0 atom stereocenters. The number of rotatable bonds is 6. The number of amides is 2. The van der Waals surface area contributed by atoms with Crippen molar-refractivity contribution in [3.63, 3.8) is 0 Å². The van der Waals surface area contributed by atoms with E-state index >= 15 is 0 Å². The Hall–Kier alpha value is -3.22. The maximum Gasteiger partial charge on any atom is 0.313 e. The summed E-state index contributed by atoms with van der Waals surface area (Å²) in [7, 11) is 3.11. The zero-order chi connectivity index (χ0) is 18.2. The van der Waals surface area contributed by atoms with E-state index in [1.54, 1.807) is 20.3 Å². The number of carbonyl (C=O) groups is 2. The van der Waals surface area contributed by atoms with Crippen LogP contribution < -0.4 is 20.1 Å². The molecule has 0 radical (unpaired) electrons. The highest BCUT2D eigenvalue weighted by atomic mass is 16.5. The summed E-state index contributed by atoms with van der Waals surface area (Å²) >= 11 is 0. The van der Waals surface area contributed by atoms with Crippen molar-refractivity contribution >= 4 is 17.5 Å². The third-order valence-corrected chi connectivity index (χ3v) is 3.48. The lowest BCUT2D eigenvalue weighted by Gasteiger charge is -2.10. The number of hydrogen-bond acceptors (Lipinski definition) is 5. The van der Waals surface area contributed by atoms with Gasteiger partial charge in [0.05, 0.1) is 14.2 Å². The molecule has 0 spiro atoms. The molecule has 0 aromatic heterocycles. The molecule has 7 nitrogen and oxygen atoms in total.